The number of aliphatic hydroxyl groups excluding tert-OH is 1. The van der Waals surface area contributed by atoms with Crippen molar-refractivity contribution in [2.75, 3.05) is 19.5 Å². The van der Waals surface area contributed by atoms with E-state index in [-0.39, 0.29) is 5.85 Å². The molecule has 0 radical (unpaired) electrons. The SMILES string of the molecule is CC[PH](C)(C)C(C)O. The first kappa shape index (κ1) is 8.39. The summed E-state index contributed by atoms with van der Waals surface area (Å²) in [7, 11) is -1.20. The zero-order chi connectivity index (χ0) is 6.78. The monoisotopic (exact) mass is 136 g/mol. The van der Waals surface area contributed by atoms with Crippen molar-refractivity contribution in [1.29, 1.82) is 0 Å². The third-order valence-corrected chi connectivity index (χ3v) is 6.13. The van der Waals surface area contributed by atoms with Gasteiger partial charge in [-0.25, -0.2) is 0 Å². The number of rotatable bonds is 2. The van der Waals surface area contributed by atoms with Gasteiger partial charge in [-0.3, -0.25) is 0 Å². The van der Waals surface area contributed by atoms with Gasteiger partial charge in [0.2, 0.25) is 0 Å². The van der Waals surface area contributed by atoms with E-state index in [1.54, 1.807) is 0 Å². The van der Waals surface area contributed by atoms with Crippen molar-refractivity contribution in [3.63, 3.8) is 0 Å². The number of aliphatic hydroxyl groups is 1. The predicted octanol–water partition coefficient (Wildman–Crippen LogP) is 1.35. The van der Waals surface area contributed by atoms with Gasteiger partial charge < -0.3 is 0 Å². The average molecular weight is 136 g/mol. The zero-order valence-corrected chi connectivity index (χ0v) is 7.23. The van der Waals surface area contributed by atoms with Crippen LogP contribution in [0.1, 0.15) is 13.8 Å². The molecule has 0 rings (SSSR count). The Labute approximate surface area is 52.4 Å². The fourth-order valence-corrected chi connectivity index (χ4v) is 0.886. The van der Waals surface area contributed by atoms with Crippen molar-refractivity contribution in [1.82, 2.24) is 0 Å². The van der Waals surface area contributed by atoms with Crippen LogP contribution < -0.4 is 0 Å². The summed E-state index contributed by atoms with van der Waals surface area (Å²) in [5.41, 5.74) is 0. The molecule has 0 saturated carbocycles. The van der Waals surface area contributed by atoms with Crippen molar-refractivity contribution < 1.29 is 5.11 Å². The molecule has 0 saturated heterocycles. The summed E-state index contributed by atoms with van der Waals surface area (Å²) in [5.74, 6) is -0.0486. The van der Waals surface area contributed by atoms with Gasteiger partial charge in [0.05, 0.1) is 0 Å². The molecule has 0 aliphatic carbocycles. The van der Waals surface area contributed by atoms with Crippen molar-refractivity contribution in [3.8, 4) is 0 Å². The van der Waals surface area contributed by atoms with E-state index in [4.69, 9.17) is 5.11 Å². The van der Waals surface area contributed by atoms with E-state index >= 15 is 0 Å². The Kier molecular flexibility index (Phi) is 2.93. The van der Waals surface area contributed by atoms with Gasteiger partial charge in [-0.15, -0.1) is 0 Å². The third kappa shape index (κ3) is 2.11. The first-order valence-electron chi connectivity index (χ1n) is 3.18. The van der Waals surface area contributed by atoms with E-state index in [2.05, 4.69) is 20.3 Å². The van der Waals surface area contributed by atoms with Crippen LogP contribution in [0.5, 0.6) is 0 Å². The molecule has 2 heteroatoms. The van der Waals surface area contributed by atoms with Crippen molar-refractivity contribution in [3.05, 3.63) is 0 Å². The Hall–Kier alpha value is 0.390. The first-order valence-corrected chi connectivity index (χ1v) is 6.47. The van der Waals surface area contributed by atoms with Crippen LogP contribution in [-0.2, 0) is 0 Å². The van der Waals surface area contributed by atoms with Crippen molar-refractivity contribution >= 4 is 7.26 Å². The van der Waals surface area contributed by atoms with E-state index in [9.17, 15) is 0 Å². The minimum absolute atomic E-state index is 0.0486. The van der Waals surface area contributed by atoms with Gasteiger partial charge in [-0.1, -0.05) is 0 Å². The van der Waals surface area contributed by atoms with Gasteiger partial charge in [0, 0.05) is 0 Å². The Morgan fingerprint density at radius 3 is 1.88 bits per heavy atom. The molecule has 0 fully saturated rings. The molecule has 8 heavy (non-hydrogen) atoms. The summed E-state index contributed by atoms with van der Waals surface area (Å²) in [6.45, 7) is 8.46. The van der Waals surface area contributed by atoms with Crippen LogP contribution in [-0.4, -0.2) is 30.4 Å². The molecule has 0 aromatic heterocycles. The van der Waals surface area contributed by atoms with E-state index in [1.165, 1.54) is 6.16 Å². The van der Waals surface area contributed by atoms with Crippen LogP contribution in [0.3, 0.4) is 0 Å². The summed E-state index contributed by atoms with van der Waals surface area (Å²) in [4.78, 5) is 0. The fraction of sp³-hybridized carbons (Fsp3) is 1.00. The molecule has 0 heterocycles. The van der Waals surface area contributed by atoms with Gasteiger partial charge in [-0.05, 0) is 0 Å². The molecule has 0 aliphatic rings. The Bertz CT molecular complexity index is 68.9. The Balaban J connectivity index is 3.71. The van der Waals surface area contributed by atoms with Crippen LogP contribution in [0.25, 0.3) is 0 Å². The zero-order valence-electron chi connectivity index (χ0n) is 6.23. The second kappa shape index (κ2) is 2.80. The number of hydrogen-bond acceptors (Lipinski definition) is 1. The van der Waals surface area contributed by atoms with E-state index in [1.807, 2.05) is 6.92 Å². The van der Waals surface area contributed by atoms with E-state index < -0.39 is 7.26 Å². The summed E-state index contributed by atoms with van der Waals surface area (Å²) >= 11 is 0. The van der Waals surface area contributed by atoms with Gasteiger partial charge >= 0.3 is 51.6 Å². The molecule has 1 nitrogen and oxygen atoms in total. The molecule has 0 amide bonds. The van der Waals surface area contributed by atoms with Crippen LogP contribution in [0.15, 0.2) is 0 Å². The summed E-state index contributed by atoms with van der Waals surface area (Å²) < 4.78 is 0. The number of hydrogen-bond donors (Lipinski definition) is 1. The van der Waals surface area contributed by atoms with Gasteiger partial charge in [0.25, 0.3) is 0 Å². The maximum absolute atomic E-state index is 9.14. The summed E-state index contributed by atoms with van der Waals surface area (Å²) in [6.07, 6.45) is 1.17. The molecular formula is C6H17OP. The molecule has 0 spiro atoms. The average Bonchev–Trinajstić information content (AvgIpc) is 1.67. The second-order valence-corrected chi connectivity index (χ2v) is 8.54. The second-order valence-electron chi connectivity index (χ2n) is 3.02. The van der Waals surface area contributed by atoms with Crippen LogP contribution in [0.4, 0.5) is 0 Å². The van der Waals surface area contributed by atoms with Gasteiger partial charge in [0.1, 0.15) is 0 Å². The van der Waals surface area contributed by atoms with Crippen LogP contribution in [0, 0.1) is 0 Å². The van der Waals surface area contributed by atoms with Gasteiger partial charge in [0.15, 0.2) is 0 Å². The van der Waals surface area contributed by atoms with Crippen molar-refractivity contribution in [2.24, 2.45) is 0 Å². The van der Waals surface area contributed by atoms with Crippen LogP contribution in [0.2, 0.25) is 0 Å². The Morgan fingerprint density at radius 1 is 1.50 bits per heavy atom. The van der Waals surface area contributed by atoms with E-state index in [0.29, 0.717) is 0 Å². The predicted molar refractivity (Wildman–Crippen MR) is 42.4 cm³/mol. The molecule has 0 aromatic carbocycles. The summed E-state index contributed by atoms with van der Waals surface area (Å²) in [5, 5.41) is 9.14. The van der Waals surface area contributed by atoms with Crippen LogP contribution >= 0.6 is 7.26 Å². The standard InChI is InChI=1S/C6H17OP/c1-5-8(3,4)6(2)7/h6-8H,5H2,1-4H3. The molecule has 1 atom stereocenters. The minimum atomic E-state index is -1.20. The molecule has 0 aromatic rings. The van der Waals surface area contributed by atoms with Gasteiger partial charge in [-0.2, -0.15) is 0 Å². The first-order chi connectivity index (χ1) is 3.50. The normalized spacial score (nSPS) is 18.1. The molecule has 0 bridgehead atoms. The molecular weight excluding hydrogens is 119 g/mol. The fourth-order valence-electron chi connectivity index (χ4n) is 0.295. The third-order valence-electron chi connectivity index (χ3n) is 2.04. The molecule has 1 N–H and O–H groups in total. The molecule has 1 unspecified atom stereocenters. The Morgan fingerprint density at radius 2 is 1.88 bits per heavy atom. The topological polar surface area (TPSA) is 20.2 Å². The maximum atomic E-state index is 9.14. The molecule has 52 valence electrons. The van der Waals surface area contributed by atoms with Crippen molar-refractivity contribution in [2.45, 2.75) is 19.7 Å². The summed E-state index contributed by atoms with van der Waals surface area (Å²) in [6, 6.07) is 0. The quantitative estimate of drug-likeness (QED) is 0.568. The van der Waals surface area contributed by atoms with E-state index in [0.717, 1.165) is 0 Å². The molecule has 0 aliphatic heterocycles.